The minimum absolute atomic E-state index is 0.00276. The minimum atomic E-state index is -0.322. The summed E-state index contributed by atoms with van der Waals surface area (Å²) in [5.41, 5.74) is 6.71. The molecule has 3 N–H and O–H groups in total. The standard InChI is InChI=1S/C16H20FN3O/c1-12(21)19-15-6-8-20(11-15)10-13-4-5-16(17)14(9-13)3-2-7-18/h4-5,9,15H,6-8,10-11,18H2,1H3,(H,19,21). The lowest BCUT2D eigenvalue weighted by atomic mass is 10.1. The molecule has 5 heteroatoms. The van der Waals surface area contributed by atoms with Gasteiger partial charge in [0.25, 0.3) is 0 Å². The van der Waals surface area contributed by atoms with Crippen molar-refractivity contribution in [1.82, 2.24) is 10.2 Å². The average molecular weight is 289 g/mol. The number of amides is 1. The molecular formula is C16H20FN3O. The third-order valence-corrected chi connectivity index (χ3v) is 3.44. The van der Waals surface area contributed by atoms with Gasteiger partial charge in [-0.25, -0.2) is 4.39 Å². The molecule has 1 fully saturated rings. The number of likely N-dealkylation sites (tertiary alicyclic amines) is 1. The quantitative estimate of drug-likeness (QED) is 0.811. The first-order valence-electron chi connectivity index (χ1n) is 7.05. The van der Waals surface area contributed by atoms with Gasteiger partial charge in [-0.1, -0.05) is 17.9 Å². The molecule has 0 radical (unpaired) electrons. The van der Waals surface area contributed by atoms with Crippen molar-refractivity contribution in [1.29, 1.82) is 0 Å². The Kier molecular flexibility index (Phi) is 5.32. The molecule has 0 saturated carbocycles. The fraction of sp³-hybridized carbons (Fsp3) is 0.438. The smallest absolute Gasteiger partial charge is 0.217 e. The Bertz CT molecular complexity index is 577. The van der Waals surface area contributed by atoms with Crippen molar-refractivity contribution in [2.75, 3.05) is 19.6 Å². The molecular weight excluding hydrogens is 269 g/mol. The fourth-order valence-corrected chi connectivity index (χ4v) is 2.55. The first-order valence-corrected chi connectivity index (χ1v) is 7.05. The molecule has 0 aromatic heterocycles. The van der Waals surface area contributed by atoms with Crippen LogP contribution in [0.1, 0.15) is 24.5 Å². The monoisotopic (exact) mass is 289 g/mol. The van der Waals surface area contributed by atoms with Gasteiger partial charge >= 0.3 is 0 Å². The van der Waals surface area contributed by atoms with Gasteiger partial charge in [-0.15, -0.1) is 0 Å². The molecule has 0 aliphatic carbocycles. The third kappa shape index (κ3) is 4.55. The van der Waals surface area contributed by atoms with Gasteiger partial charge < -0.3 is 11.1 Å². The molecule has 1 aromatic carbocycles. The van der Waals surface area contributed by atoms with Gasteiger partial charge in [0.2, 0.25) is 5.91 Å². The van der Waals surface area contributed by atoms with E-state index in [2.05, 4.69) is 22.1 Å². The highest BCUT2D eigenvalue weighted by Crippen LogP contribution is 2.16. The summed E-state index contributed by atoms with van der Waals surface area (Å²) in [6.07, 6.45) is 0.945. The number of nitrogens with two attached hydrogens (primary N) is 1. The van der Waals surface area contributed by atoms with E-state index >= 15 is 0 Å². The van der Waals surface area contributed by atoms with E-state index in [0.29, 0.717) is 5.56 Å². The van der Waals surface area contributed by atoms with E-state index in [1.54, 1.807) is 12.1 Å². The predicted molar refractivity (Wildman–Crippen MR) is 79.8 cm³/mol. The SMILES string of the molecule is CC(=O)NC1CCN(Cc2ccc(F)c(C#CCN)c2)C1. The van der Waals surface area contributed by atoms with Crippen LogP contribution >= 0.6 is 0 Å². The van der Waals surface area contributed by atoms with Gasteiger partial charge in [0.05, 0.1) is 12.1 Å². The average Bonchev–Trinajstić information content (AvgIpc) is 2.85. The Morgan fingerprint density at radius 1 is 1.57 bits per heavy atom. The number of nitrogens with one attached hydrogen (secondary N) is 1. The van der Waals surface area contributed by atoms with E-state index in [4.69, 9.17) is 5.73 Å². The van der Waals surface area contributed by atoms with Crippen LogP contribution in [0.3, 0.4) is 0 Å². The molecule has 21 heavy (non-hydrogen) atoms. The van der Waals surface area contributed by atoms with Gasteiger partial charge in [-0.05, 0) is 24.1 Å². The van der Waals surface area contributed by atoms with Gasteiger partial charge in [-0.2, -0.15) is 0 Å². The third-order valence-electron chi connectivity index (χ3n) is 3.44. The van der Waals surface area contributed by atoms with Crippen molar-refractivity contribution in [2.45, 2.75) is 25.9 Å². The summed E-state index contributed by atoms with van der Waals surface area (Å²) >= 11 is 0. The van der Waals surface area contributed by atoms with Crippen molar-refractivity contribution in [3.63, 3.8) is 0 Å². The summed E-state index contributed by atoms with van der Waals surface area (Å²) < 4.78 is 13.6. The lowest BCUT2D eigenvalue weighted by molar-refractivity contribution is -0.119. The van der Waals surface area contributed by atoms with Crippen LogP contribution in [0.15, 0.2) is 18.2 Å². The normalized spacial score (nSPS) is 18.1. The Hall–Kier alpha value is -1.90. The lowest BCUT2D eigenvalue weighted by Crippen LogP contribution is -2.35. The zero-order chi connectivity index (χ0) is 15.2. The summed E-state index contributed by atoms with van der Waals surface area (Å²) in [4.78, 5) is 13.3. The summed E-state index contributed by atoms with van der Waals surface area (Å²) in [5, 5.41) is 2.93. The van der Waals surface area contributed by atoms with Crippen LogP contribution in [0.4, 0.5) is 4.39 Å². The second-order valence-corrected chi connectivity index (χ2v) is 5.24. The first kappa shape index (κ1) is 15.5. The molecule has 0 spiro atoms. The molecule has 1 saturated heterocycles. The Balaban J connectivity index is 1.99. The number of carbonyl (C=O) groups is 1. The molecule has 0 bridgehead atoms. The highest BCUT2D eigenvalue weighted by Gasteiger charge is 2.22. The van der Waals surface area contributed by atoms with Crippen LogP contribution in [0.5, 0.6) is 0 Å². The van der Waals surface area contributed by atoms with Crippen LogP contribution in [0, 0.1) is 17.7 Å². The Morgan fingerprint density at radius 3 is 3.10 bits per heavy atom. The molecule has 2 rings (SSSR count). The topological polar surface area (TPSA) is 58.4 Å². The maximum atomic E-state index is 13.6. The second kappa shape index (κ2) is 7.21. The van der Waals surface area contributed by atoms with E-state index in [1.165, 1.54) is 13.0 Å². The number of benzene rings is 1. The van der Waals surface area contributed by atoms with E-state index in [-0.39, 0.29) is 24.3 Å². The van der Waals surface area contributed by atoms with Gasteiger partial charge in [-0.3, -0.25) is 9.69 Å². The van der Waals surface area contributed by atoms with E-state index in [0.717, 1.165) is 31.6 Å². The highest BCUT2D eigenvalue weighted by atomic mass is 19.1. The van der Waals surface area contributed by atoms with Gasteiger partial charge in [0.1, 0.15) is 5.82 Å². The lowest BCUT2D eigenvalue weighted by Gasteiger charge is -2.16. The highest BCUT2D eigenvalue weighted by molar-refractivity contribution is 5.73. The number of carbonyl (C=O) groups excluding carboxylic acids is 1. The van der Waals surface area contributed by atoms with Gasteiger partial charge in [0.15, 0.2) is 0 Å². The van der Waals surface area contributed by atoms with Crippen molar-refractivity contribution >= 4 is 5.91 Å². The van der Waals surface area contributed by atoms with Crippen LogP contribution < -0.4 is 11.1 Å². The number of rotatable bonds is 3. The van der Waals surface area contributed by atoms with E-state index in [9.17, 15) is 9.18 Å². The summed E-state index contributed by atoms with van der Waals surface area (Å²) in [6, 6.07) is 5.19. The van der Waals surface area contributed by atoms with E-state index in [1.807, 2.05) is 0 Å². The zero-order valence-electron chi connectivity index (χ0n) is 12.2. The number of hydrogen-bond donors (Lipinski definition) is 2. The van der Waals surface area contributed by atoms with Crippen LogP contribution in [0.2, 0.25) is 0 Å². The Morgan fingerprint density at radius 2 is 2.38 bits per heavy atom. The molecule has 1 aliphatic heterocycles. The molecule has 1 aromatic rings. The second-order valence-electron chi connectivity index (χ2n) is 5.24. The maximum Gasteiger partial charge on any atom is 0.217 e. The van der Waals surface area contributed by atoms with Crippen LogP contribution in [-0.4, -0.2) is 36.5 Å². The van der Waals surface area contributed by atoms with Crippen molar-refractivity contribution in [3.05, 3.63) is 35.1 Å². The molecule has 1 heterocycles. The van der Waals surface area contributed by atoms with Crippen LogP contribution in [0.25, 0.3) is 0 Å². The van der Waals surface area contributed by atoms with Crippen LogP contribution in [-0.2, 0) is 11.3 Å². The summed E-state index contributed by atoms with van der Waals surface area (Å²) in [6.45, 7) is 4.22. The Labute approximate surface area is 124 Å². The van der Waals surface area contributed by atoms with Gasteiger partial charge in [0, 0.05) is 32.6 Å². The molecule has 1 amide bonds. The predicted octanol–water partition coefficient (Wildman–Crippen LogP) is 0.846. The number of hydrogen-bond acceptors (Lipinski definition) is 3. The molecule has 1 unspecified atom stereocenters. The van der Waals surface area contributed by atoms with Crippen molar-refractivity contribution < 1.29 is 9.18 Å². The summed E-state index contributed by atoms with van der Waals surface area (Å²) in [5.74, 6) is 5.10. The minimum Gasteiger partial charge on any atom is -0.352 e. The summed E-state index contributed by atoms with van der Waals surface area (Å²) in [7, 11) is 0. The number of halogens is 1. The van der Waals surface area contributed by atoms with Crippen molar-refractivity contribution in [2.24, 2.45) is 5.73 Å². The molecule has 112 valence electrons. The largest absolute Gasteiger partial charge is 0.352 e. The zero-order valence-corrected chi connectivity index (χ0v) is 12.2. The van der Waals surface area contributed by atoms with E-state index < -0.39 is 0 Å². The fourth-order valence-electron chi connectivity index (χ4n) is 2.55. The first-order chi connectivity index (χ1) is 10.1. The van der Waals surface area contributed by atoms with Crippen molar-refractivity contribution in [3.8, 4) is 11.8 Å². The molecule has 4 nitrogen and oxygen atoms in total. The molecule has 1 aliphatic rings. The number of nitrogens with zero attached hydrogens (tertiary/aromatic N) is 1. The maximum absolute atomic E-state index is 13.6. The molecule has 1 atom stereocenters.